The van der Waals surface area contributed by atoms with E-state index in [1.807, 2.05) is 12.4 Å². The molecule has 5 nitrogen and oxygen atoms in total. The van der Waals surface area contributed by atoms with Gasteiger partial charge in [-0.05, 0) is 40.6 Å². The van der Waals surface area contributed by atoms with E-state index in [1.54, 1.807) is 13.3 Å². The summed E-state index contributed by atoms with van der Waals surface area (Å²) in [6.45, 7) is 2.73. The molecule has 1 fully saturated rings. The second-order valence-electron chi connectivity index (χ2n) is 5.53. The minimum atomic E-state index is 0.471. The van der Waals surface area contributed by atoms with Gasteiger partial charge in [-0.3, -0.25) is 4.40 Å². The van der Waals surface area contributed by atoms with Crippen LogP contribution in [0.1, 0.15) is 25.0 Å². The fraction of sp³-hybridized carbons (Fsp3) is 0.571. The lowest BCUT2D eigenvalue weighted by molar-refractivity contribution is 0.171. The van der Waals surface area contributed by atoms with Gasteiger partial charge in [0, 0.05) is 33.0 Å². The molecule has 1 N–H and O–H groups in total. The molecule has 2 heterocycles. The molecule has 1 aliphatic rings. The molecule has 1 saturated carbocycles. The number of methoxy groups -OCH3 is 1. The Morgan fingerprint density at radius 1 is 1.40 bits per heavy atom. The monoisotopic (exact) mass is 338 g/mol. The number of nitrogens with one attached hydrogen (secondary N) is 1. The number of aromatic nitrogens is 3. The highest BCUT2D eigenvalue weighted by Crippen LogP contribution is 2.48. The van der Waals surface area contributed by atoms with Crippen LogP contribution in [0.25, 0.3) is 5.65 Å². The number of imidazole rings is 1. The molecule has 0 atom stereocenters. The van der Waals surface area contributed by atoms with Crippen LogP contribution in [-0.2, 0) is 11.3 Å². The van der Waals surface area contributed by atoms with Gasteiger partial charge in [0.15, 0.2) is 5.65 Å². The Kier molecular flexibility index (Phi) is 4.05. The van der Waals surface area contributed by atoms with Gasteiger partial charge in [0.1, 0.15) is 4.60 Å². The first-order chi connectivity index (χ1) is 9.72. The van der Waals surface area contributed by atoms with Gasteiger partial charge in [-0.2, -0.15) is 0 Å². The van der Waals surface area contributed by atoms with Gasteiger partial charge in [-0.1, -0.05) is 0 Å². The second-order valence-corrected chi connectivity index (χ2v) is 6.35. The predicted molar refractivity (Wildman–Crippen MR) is 80.6 cm³/mol. The number of rotatable bonds is 7. The third-order valence-electron chi connectivity index (χ3n) is 4.04. The summed E-state index contributed by atoms with van der Waals surface area (Å²) < 4.78 is 8.08. The molecule has 0 amide bonds. The average molecular weight is 339 g/mol. The second kappa shape index (κ2) is 5.79. The van der Waals surface area contributed by atoms with Crippen molar-refractivity contribution in [3.8, 4) is 0 Å². The third kappa shape index (κ3) is 3.02. The van der Waals surface area contributed by atoms with Gasteiger partial charge in [0.25, 0.3) is 0 Å². The molecule has 2 aromatic rings. The largest absolute Gasteiger partial charge is 0.385 e. The maximum atomic E-state index is 5.19. The molecule has 2 aromatic heterocycles. The number of ether oxygens (including phenoxy) is 1. The lowest BCUT2D eigenvalue weighted by Crippen LogP contribution is -2.25. The molecule has 0 aromatic carbocycles. The Balaban J connectivity index is 1.59. The highest BCUT2D eigenvalue weighted by atomic mass is 79.9. The minimum absolute atomic E-state index is 0.471. The van der Waals surface area contributed by atoms with Crippen molar-refractivity contribution in [1.29, 1.82) is 0 Å². The number of fused-ring (bicyclic) bond motifs is 1. The zero-order chi connectivity index (χ0) is 14.0. The van der Waals surface area contributed by atoms with Crippen LogP contribution >= 0.6 is 15.9 Å². The van der Waals surface area contributed by atoms with Crippen LogP contribution in [0.5, 0.6) is 0 Å². The number of nitrogens with zero attached hydrogens (tertiary/aromatic N) is 3. The molecular formula is C14H19BrN4O. The minimum Gasteiger partial charge on any atom is -0.385 e. The van der Waals surface area contributed by atoms with Gasteiger partial charge in [0.2, 0.25) is 0 Å². The molecule has 3 rings (SSSR count). The molecule has 0 saturated heterocycles. The van der Waals surface area contributed by atoms with Crippen molar-refractivity contribution >= 4 is 21.6 Å². The first-order valence-corrected chi connectivity index (χ1v) is 7.69. The van der Waals surface area contributed by atoms with Crippen molar-refractivity contribution in [1.82, 2.24) is 19.7 Å². The highest BCUT2D eigenvalue weighted by Gasteiger charge is 2.41. The lowest BCUT2D eigenvalue weighted by Gasteiger charge is -2.15. The standard InChI is InChI=1S/C14H19BrN4O/c1-20-5-4-14(2-3-14)10-16-6-11-7-18-13-8-17-12(15)9-19(11)13/h7-9,16H,2-6,10H2,1H3. The molecule has 0 unspecified atom stereocenters. The average Bonchev–Trinajstić information content (AvgIpc) is 3.11. The van der Waals surface area contributed by atoms with Crippen LogP contribution in [-0.4, -0.2) is 34.6 Å². The molecule has 0 spiro atoms. The first kappa shape index (κ1) is 14.0. The maximum Gasteiger partial charge on any atom is 0.155 e. The number of hydrogen-bond acceptors (Lipinski definition) is 4. The topological polar surface area (TPSA) is 51.5 Å². The zero-order valence-electron chi connectivity index (χ0n) is 11.6. The summed E-state index contributed by atoms with van der Waals surface area (Å²) in [5.41, 5.74) is 2.51. The van der Waals surface area contributed by atoms with E-state index >= 15 is 0 Å². The van der Waals surface area contributed by atoms with Crippen LogP contribution in [0.2, 0.25) is 0 Å². The van der Waals surface area contributed by atoms with Crippen LogP contribution in [0.15, 0.2) is 23.2 Å². The van der Waals surface area contributed by atoms with Crippen LogP contribution in [0, 0.1) is 5.41 Å². The Hall–Kier alpha value is -0.980. The van der Waals surface area contributed by atoms with Crippen molar-refractivity contribution in [2.75, 3.05) is 20.3 Å². The van der Waals surface area contributed by atoms with Gasteiger partial charge < -0.3 is 10.1 Å². The molecule has 6 heteroatoms. The smallest absolute Gasteiger partial charge is 0.155 e. The summed E-state index contributed by atoms with van der Waals surface area (Å²) in [6.07, 6.45) is 9.41. The highest BCUT2D eigenvalue weighted by molar-refractivity contribution is 9.10. The number of hydrogen-bond donors (Lipinski definition) is 1. The lowest BCUT2D eigenvalue weighted by atomic mass is 10.0. The normalized spacial score (nSPS) is 16.7. The summed E-state index contributed by atoms with van der Waals surface area (Å²) in [5.74, 6) is 0. The van der Waals surface area contributed by atoms with Crippen LogP contribution < -0.4 is 5.32 Å². The maximum absolute atomic E-state index is 5.19. The summed E-state index contributed by atoms with van der Waals surface area (Å²) >= 11 is 3.40. The fourth-order valence-corrected chi connectivity index (χ4v) is 2.82. The number of halogens is 1. The Morgan fingerprint density at radius 3 is 3.00 bits per heavy atom. The van der Waals surface area contributed by atoms with Crippen molar-refractivity contribution in [3.63, 3.8) is 0 Å². The molecular weight excluding hydrogens is 320 g/mol. The van der Waals surface area contributed by atoms with E-state index in [-0.39, 0.29) is 0 Å². The SMILES string of the molecule is COCCC1(CNCc2cnc3cnc(Br)cn23)CC1. The van der Waals surface area contributed by atoms with E-state index in [4.69, 9.17) is 4.74 Å². The van der Waals surface area contributed by atoms with E-state index in [9.17, 15) is 0 Å². The van der Waals surface area contributed by atoms with E-state index in [1.165, 1.54) is 12.8 Å². The summed E-state index contributed by atoms with van der Waals surface area (Å²) in [7, 11) is 1.77. The molecule has 1 aliphatic carbocycles. The van der Waals surface area contributed by atoms with Gasteiger partial charge in [-0.15, -0.1) is 0 Å². The van der Waals surface area contributed by atoms with E-state index < -0.39 is 0 Å². The first-order valence-electron chi connectivity index (χ1n) is 6.90. The van der Waals surface area contributed by atoms with E-state index in [0.717, 1.165) is 42.1 Å². The summed E-state index contributed by atoms with van der Waals surface area (Å²) in [4.78, 5) is 8.54. The van der Waals surface area contributed by atoms with Crippen LogP contribution in [0.4, 0.5) is 0 Å². The Labute approximate surface area is 126 Å². The van der Waals surface area contributed by atoms with Crippen molar-refractivity contribution in [2.45, 2.75) is 25.8 Å². The quantitative estimate of drug-likeness (QED) is 0.842. The van der Waals surface area contributed by atoms with E-state index in [0.29, 0.717) is 5.41 Å². The molecule has 20 heavy (non-hydrogen) atoms. The Bertz CT molecular complexity index is 594. The molecule has 0 radical (unpaired) electrons. The third-order valence-corrected chi connectivity index (χ3v) is 4.45. The van der Waals surface area contributed by atoms with Gasteiger partial charge >= 0.3 is 0 Å². The van der Waals surface area contributed by atoms with Crippen molar-refractivity contribution in [2.24, 2.45) is 5.41 Å². The van der Waals surface area contributed by atoms with E-state index in [2.05, 4.69) is 35.6 Å². The Morgan fingerprint density at radius 2 is 2.25 bits per heavy atom. The van der Waals surface area contributed by atoms with Crippen LogP contribution in [0.3, 0.4) is 0 Å². The van der Waals surface area contributed by atoms with Crippen molar-refractivity contribution < 1.29 is 4.74 Å². The summed E-state index contributed by atoms with van der Waals surface area (Å²) in [5, 5.41) is 3.56. The predicted octanol–water partition coefficient (Wildman–Crippen LogP) is 2.40. The fourth-order valence-electron chi connectivity index (χ4n) is 2.51. The van der Waals surface area contributed by atoms with Gasteiger partial charge in [0.05, 0.1) is 18.1 Å². The van der Waals surface area contributed by atoms with Crippen molar-refractivity contribution in [3.05, 3.63) is 28.9 Å². The van der Waals surface area contributed by atoms with Gasteiger partial charge in [-0.25, -0.2) is 9.97 Å². The molecule has 108 valence electrons. The summed E-state index contributed by atoms with van der Waals surface area (Å²) in [6, 6.07) is 0. The zero-order valence-corrected chi connectivity index (χ0v) is 13.2. The molecule has 0 aliphatic heterocycles. The molecule has 0 bridgehead atoms.